The first-order valence-corrected chi connectivity index (χ1v) is 6.43. The summed E-state index contributed by atoms with van der Waals surface area (Å²) in [6.07, 6.45) is 2.51. The maximum atomic E-state index is 12.0. The molecule has 0 saturated carbocycles. The lowest BCUT2D eigenvalue weighted by molar-refractivity contribution is 0.0600. The Morgan fingerprint density at radius 1 is 1.19 bits per heavy atom. The van der Waals surface area contributed by atoms with Crippen LogP contribution in [0.4, 0.5) is 5.69 Å². The fourth-order valence-corrected chi connectivity index (χ4v) is 1.79. The zero-order valence-corrected chi connectivity index (χ0v) is 12.3. The summed E-state index contributed by atoms with van der Waals surface area (Å²) in [5, 5.41) is 2.99. The summed E-state index contributed by atoms with van der Waals surface area (Å²) in [4.78, 5) is 31.1. The number of anilines is 1. The number of esters is 1. The highest BCUT2D eigenvalue weighted by Gasteiger charge is 2.14. The molecule has 1 amide bonds. The minimum absolute atomic E-state index is 0.0916. The smallest absolute Gasteiger partial charge is 0.339 e. The molecule has 0 fully saturated rings. The minimum Gasteiger partial charge on any atom is -0.465 e. The van der Waals surface area contributed by atoms with Crippen LogP contribution in [0.2, 0.25) is 10.2 Å². The molecule has 1 N–H and O–H groups in total. The number of halogens is 2. The summed E-state index contributed by atoms with van der Waals surface area (Å²) in [5.41, 5.74) is 0.620. The third-order valence-electron chi connectivity index (χ3n) is 2.48. The van der Waals surface area contributed by atoms with E-state index in [2.05, 4.69) is 20.0 Å². The van der Waals surface area contributed by atoms with Gasteiger partial charge in [-0.1, -0.05) is 23.2 Å². The summed E-state index contributed by atoms with van der Waals surface area (Å²) in [6, 6.07) is 4.45. The summed E-state index contributed by atoms with van der Waals surface area (Å²) in [7, 11) is 1.24. The largest absolute Gasteiger partial charge is 0.465 e. The van der Waals surface area contributed by atoms with Crippen molar-refractivity contribution < 1.29 is 14.3 Å². The molecule has 0 aliphatic rings. The number of carbonyl (C=O) groups is 2. The van der Waals surface area contributed by atoms with E-state index in [1.54, 1.807) is 6.07 Å². The summed E-state index contributed by atoms with van der Waals surface area (Å²) >= 11 is 11.5. The number of aromatic nitrogens is 2. The number of carbonyl (C=O) groups excluding carboxylic acids is 2. The van der Waals surface area contributed by atoms with Gasteiger partial charge in [-0.15, -0.1) is 0 Å². The van der Waals surface area contributed by atoms with Crippen molar-refractivity contribution in [3.05, 3.63) is 52.0 Å². The van der Waals surface area contributed by atoms with Crippen LogP contribution in [0.25, 0.3) is 0 Å². The topological polar surface area (TPSA) is 81.2 Å². The standard InChI is InChI=1S/C13H9Cl2N3O3/c1-21-13(20)8-4-7(2-3-9(8)14)18-12(19)10-5-17-11(15)6-16-10/h2-6H,1H3,(H,18,19). The van der Waals surface area contributed by atoms with E-state index in [1.165, 1.54) is 31.6 Å². The third kappa shape index (κ3) is 3.68. The molecule has 21 heavy (non-hydrogen) atoms. The van der Waals surface area contributed by atoms with Crippen LogP contribution in [0.3, 0.4) is 0 Å². The van der Waals surface area contributed by atoms with Crippen LogP contribution < -0.4 is 5.32 Å². The lowest BCUT2D eigenvalue weighted by Crippen LogP contribution is -2.14. The molecule has 2 rings (SSSR count). The molecule has 0 bridgehead atoms. The monoisotopic (exact) mass is 325 g/mol. The van der Waals surface area contributed by atoms with Gasteiger partial charge in [0.05, 0.1) is 30.1 Å². The Bertz CT molecular complexity index is 690. The van der Waals surface area contributed by atoms with Gasteiger partial charge in [-0.05, 0) is 18.2 Å². The summed E-state index contributed by atoms with van der Waals surface area (Å²) < 4.78 is 4.60. The molecule has 0 aliphatic heterocycles. The number of nitrogens with zero attached hydrogens (tertiary/aromatic N) is 2. The maximum Gasteiger partial charge on any atom is 0.339 e. The predicted octanol–water partition coefficient (Wildman–Crippen LogP) is 2.82. The summed E-state index contributed by atoms with van der Waals surface area (Å²) in [6.45, 7) is 0. The number of amides is 1. The first-order valence-electron chi connectivity index (χ1n) is 5.68. The van der Waals surface area contributed by atoms with Crippen LogP contribution in [0.5, 0.6) is 0 Å². The Balaban J connectivity index is 2.21. The number of nitrogens with one attached hydrogen (secondary N) is 1. The molecular weight excluding hydrogens is 317 g/mol. The van der Waals surface area contributed by atoms with E-state index in [0.29, 0.717) is 5.69 Å². The molecule has 1 aromatic heterocycles. The molecule has 0 radical (unpaired) electrons. The van der Waals surface area contributed by atoms with Crippen LogP contribution in [0.1, 0.15) is 20.8 Å². The summed E-state index contributed by atoms with van der Waals surface area (Å²) in [5.74, 6) is -1.08. The van der Waals surface area contributed by atoms with Gasteiger partial charge in [-0.2, -0.15) is 0 Å². The Morgan fingerprint density at radius 3 is 2.57 bits per heavy atom. The molecule has 2 aromatic rings. The van der Waals surface area contributed by atoms with E-state index in [9.17, 15) is 9.59 Å². The quantitative estimate of drug-likeness (QED) is 0.877. The molecule has 0 aliphatic carbocycles. The average molecular weight is 326 g/mol. The minimum atomic E-state index is -0.595. The molecule has 1 heterocycles. The third-order valence-corrected chi connectivity index (χ3v) is 3.01. The number of benzene rings is 1. The molecule has 0 saturated heterocycles. The number of hydrogen-bond acceptors (Lipinski definition) is 5. The number of ether oxygens (including phenoxy) is 1. The van der Waals surface area contributed by atoms with Crippen LogP contribution in [-0.2, 0) is 4.74 Å². The Kier molecular flexibility index (Phi) is 4.72. The molecule has 6 nitrogen and oxygen atoms in total. The van der Waals surface area contributed by atoms with Gasteiger partial charge in [0.2, 0.25) is 0 Å². The number of hydrogen-bond donors (Lipinski definition) is 1. The maximum absolute atomic E-state index is 12.0. The van der Waals surface area contributed by atoms with E-state index in [1.807, 2.05) is 0 Å². The van der Waals surface area contributed by atoms with Gasteiger partial charge in [0.15, 0.2) is 0 Å². The van der Waals surface area contributed by atoms with Gasteiger partial charge in [-0.3, -0.25) is 4.79 Å². The highest BCUT2D eigenvalue weighted by molar-refractivity contribution is 6.33. The van der Waals surface area contributed by atoms with Crippen LogP contribution in [-0.4, -0.2) is 29.0 Å². The molecule has 8 heteroatoms. The normalized spacial score (nSPS) is 10.0. The van der Waals surface area contributed by atoms with Crippen molar-refractivity contribution in [2.45, 2.75) is 0 Å². The lowest BCUT2D eigenvalue weighted by atomic mass is 10.2. The second-order valence-electron chi connectivity index (χ2n) is 3.86. The Morgan fingerprint density at radius 2 is 1.95 bits per heavy atom. The van der Waals surface area contributed by atoms with E-state index >= 15 is 0 Å². The van der Waals surface area contributed by atoms with Crippen molar-refractivity contribution >= 4 is 40.8 Å². The Labute approximate surface area is 130 Å². The SMILES string of the molecule is COC(=O)c1cc(NC(=O)c2cnc(Cl)cn2)ccc1Cl. The van der Waals surface area contributed by atoms with Gasteiger partial charge < -0.3 is 10.1 Å². The van der Waals surface area contributed by atoms with Crippen molar-refractivity contribution in [1.29, 1.82) is 0 Å². The number of methoxy groups -OCH3 is 1. The van der Waals surface area contributed by atoms with Crippen LogP contribution in [0, 0.1) is 0 Å². The van der Waals surface area contributed by atoms with E-state index in [-0.39, 0.29) is 21.4 Å². The highest BCUT2D eigenvalue weighted by Crippen LogP contribution is 2.21. The fraction of sp³-hybridized carbons (Fsp3) is 0.0769. The Hall–Kier alpha value is -2.18. The second kappa shape index (κ2) is 6.51. The average Bonchev–Trinajstić information content (AvgIpc) is 2.49. The molecule has 0 unspecified atom stereocenters. The van der Waals surface area contributed by atoms with Crippen molar-refractivity contribution in [3.8, 4) is 0 Å². The lowest BCUT2D eigenvalue weighted by Gasteiger charge is -2.07. The van der Waals surface area contributed by atoms with E-state index < -0.39 is 11.9 Å². The second-order valence-corrected chi connectivity index (χ2v) is 4.66. The van der Waals surface area contributed by atoms with Gasteiger partial charge >= 0.3 is 5.97 Å². The zero-order chi connectivity index (χ0) is 15.4. The fourth-order valence-electron chi connectivity index (χ4n) is 1.49. The highest BCUT2D eigenvalue weighted by atomic mass is 35.5. The van der Waals surface area contributed by atoms with Crippen LogP contribution in [0.15, 0.2) is 30.6 Å². The predicted molar refractivity (Wildman–Crippen MR) is 77.8 cm³/mol. The van der Waals surface area contributed by atoms with E-state index in [0.717, 1.165) is 0 Å². The molecular formula is C13H9Cl2N3O3. The number of rotatable bonds is 3. The van der Waals surface area contributed by atoms with Crippen molar-refractivity contribution in [1.82, 2.24) is 9.97 Å². The van der Waals surface area contributed by atoms with Gasteiger partial charge in [0.1, 0.15) is 10.8 Å². The van der Waals surface area contributed by atoms with Gasteiger partial charge in [-0.25, -0.2) is 14.8 Å². The van der Waals surface area contributed by atoms with Gasteiger partial charge in [0, 0.05) is 5.69 Å². The zero-order valence-electron chi connectivity index (χ0n) is 10.8. The van der Waals surface area contributed by atoms with Crippen LogP contribution >= 0.6 is 23.2 Å². The molecule has 0 spiro atoms. The molecule has 1 aromatic carbocycles. The molecule has 108 valence electrons. The van der Waals surface area contributed by atoms with E-state index in [4.69, 9.17) is 23.2 Å². The van der Waals surface area contributed by atoms with Crippen molar-refractivity contribution in [3.63, 3.8) is 0 Å². The molecule has 0 atom stereocenters. The first-order chi connectivity index (χ1) is 10.0. The van der Waals surface area contributed by atoms with Crippen molar-refractivity contribution in [2.75, 3.05) is 12.4 Å². The first kappa shape index (κ1) is 15.2. The van der Waals surface area contributed by atoms with Crippen molar-refractivity contribution in [2.24, 2.45) is 0 Å². The van der Waals surface area contributed by atoms with Gasteiger partial charge in [0.25, 0.3) is 5.91 Å².